The second-order valence-electron chi connectivity index (χ2n) is 8.28. The predicted octanol–water partition coefficient (Wildman–Crippen LogP) is 3.43. The summed E-state index contributed by atoms with van der Waals surface area (Å²) in [4.78, 5) is 17.6. The molecule has 156 valence electrons. The third-order valence-electron chi connectivity index (χ3n) is 5.96. The number of nitrogens with zero attached hydrogens (tertiary/aromatic N) is 3. The fourth-order valence-electron chi connectivity index (χ4n) is 4.15. The number of rotatable bonds is 4. The second kappa shape index (κ2) is 6.91. The van der Waals surface area contributed by atoms with Gasteiger partial charge in [0.1, 0.15) is 5.69 Å². The van der Waals surface area contributed by atoms with Gasteiger partial charge in [-0.25, -0.2) is 22.9 Å². The number of ether oxygens (including phenoxy) is 1. The number of pyridine rings is 1. The maximum absolute atomic E-state index is 12.7. The third-order valence-corrected chi connectivity index (χ3v) is 7.71. The van der Waals surface area contributed by atoms with Crippen LogP contribution in [0.4, 0.5) is 0 Å². The minimum absolute atomic E-state index is 0.0417. The molecule has 0 spiro atoms. The molecule has 5 rings (SSSR count). The Labute approximate surface area is 175 Å². The first-order chi connectivity index (χ1) is 14.4. The summed E-state index contributed by atoms with van der Waals surface area (Å²) in [6.07, 6.45) is 2.57. The van der Waals surface area contributed by atoms with E-state index in [0.29, 0.717) is 34.6 Å². The number of aromatic nitrogens is 3. The van der Waals surface area contributed by atoms with E-state index >= 15 is 0 Å². The molecular formula is C22H23N3O4S. The van der Waals surface area contributed by atoms with E-state index in [-0.39, 0.29) is 17.5 Å². The van der Waals surface area contributed by atoms with Crippen molar-refractivity contribution in [3.8, 4) is 11.3 Å². The van der Waals surface area contributed by atoms with Crippen LogP contribution in [-0.2, 0) is 14.6 Å². The Bertz CT molecular complexity index is 1260. The quantitative estimate of drug-likeness (QED) is 0.595. The number of aryl methyl sites for hydroxylation is 1. The number of carbonyl (C=O) groups is 1. The summed E-state index contributed by atoms with van der Waals surface area (Å²) >= 11 is 0. The molecule has 1 saturated heterocycles. The molecule has 0 unspecified atom stereocenters. The average Bonchev–Trinajstić information content (AvgIpc) is 3.42. The van der Waals surface area contributed by atoms with Crippen molar-refractivity contribution < 1.29 is 17.9 Å². The maximum Gasteiger partial charge on any atom is 0.338 e. The number of sulfone groups is 1. The molecule has 7 nitrogen and oxygen atoms in total. The normalized spacial score (nSPS) is 20.5. The van der Waals surface area contributed by atoms with Crippen LogP contribution in [0.5, 0.6) is 0 Å². The first-order valence-electron chi connectivity index (χ1n) is 10.2. The molecule has 3 heterocycles. The molecule has 30 heavy (non-hydrogen) atoms. The fraction of sp³-hybridized carbons (Fsp3) is 0.409. The highest BCUT2D eigenvalue weighted by Gasteiger charge is 2.34. The minimum Gasteiger partial charge on any atom is -0.465 e. The summed E-state index contributed by atoms with van der Waals surface area (Å²) in [6, 6.07) is 9.43. The van der Waals surface area contributed by atoms with Crippen molar-refractivity contribution in [3.05, 3.63) is 47.2 Å². The van der Waals surface area contributed by atoms with Crippen LogP contribution < -0.4 is 0 Å². The standard InChI is InChI=1S/C22H23N3O4S/c1-13-3-5-15(6-4-13)20-19-17(22(26)29-2)11-18(14-7-8-14)23-21(19)25(24-20)16-9-10-30(27,28)12-16/h3-6,11,14,16H,7-10,12H2,1-2H3/t16-/m0/s1. The third kappa shape index (κ3) is 3.29. The largest absolute Gasteiger partial charge is 0.465 e. The lowest BCUT2D eigenvalue weighted by Gasteiger charge is -2.11. The van der Waals surface area contributed by atoms with Gasteiger partial charge >= 0.3 is 5.97 Å². The van der Waals surface area contributed by atoms with Gasteiger partial charge in [0.2, 0.25) is 0 Å². The van der Waals surface area contributed by atoms with Crippen LogP contribution in [-0.4, -0.2) is 47.8 Å². The molecule has 1 aliphatic carbocycles. The highest BCUT2D eigenvalue weighted by molar-refractivity contribution is 7.91. The molecule has 0 N–H and O–H groups in total. The molecule has 8 heteroatoms. The van der Waals surface area contributed by atoms with Gasteiger partial charge in [-0.05, 0) is 32.3 Å². The van der Waals surface area contributed by atoms with Gasteiger partial charge in [-0.1, -0.05) is 29.8 Å². The van der Waals surface area contributed by atoms with Crippen molar-refractivity contribution in [2.75, 3.05) is 18.6 Å². The number of methoxy groups -OCH3 is 1. The van der Waals surface area contributed by atoms with Crippen molar-refractivity contribution in [2.24, 2.45) is 0 Å². The second-order valence-corrected chi connectivity index (χ2v) is 10.5. The number of hydrogen-bond acceptors (Lipinski definition) is 6. The summed E-state index contributed by atoms with van der Waals surface area (Å²) < 4.78 is 31.1. The highest BCUT2D eigenvalue weighted by Crippen LogP contribution is 2.42. The van der Waals surface area contributed by atoms with Crippen LogP contribution in [0.15, 0.2) is 30.3 Å². The number of hydrogen-bond donors (Lipinski definition) is 0. The summed E-state index contributed by atoms with van der Waals surface area (Å²) in [5.74, 6) is 0.0815. The predicted molar refractivity (Wildman–Crippen MR) is 113 cm³/mol. The Morgan fingerprint density at radius 3 is 2.50 bits per heavy atom. The first kappa shape index (κ1) is 19.2. The number of esters is 1. The molecule has 0 amide bonds. The van der Waals surface area contributed by atoms with Crippen molar-refractivity contribution in [1.29, 1.82) is 0 Å². The molecule has 2 aliphatic rings. The summed E-state index contributed by atoms with van der Waals surface area (Å²) in [5, 5.41) is 5.44. The van der Waals surface area contributed by atoms with Crippen molar-refractivity contribution in [3.63, 3.8) is 0 Å². The Hall–Kier alpha value is -2.74. The van der Waals surface area contributed by atoms with E-state index in [0.717, 1.165) is 29.7 Å². The summed E-state index contributed by atoms with van der Waals surface area (Å²) in [7, 11) is -1.73. The van der Waals surface area contributed by atoms with Gasteiger partial charge in [0.15, 0.2) is 15.5 Å². The zero-order chi connectivity index (χ0) is 21.0. The number of carbonyl (C=O) groups excluding carboxylic acids is 1. The average molecular weight is 426 g/mol. The molecule has 1 aliphatic heterocycles. The Morgan fingerprint density at radius 2 is 1.90 bits per heavy atom. The molecule has 1 atom stereocenters. The number of benzene rings is 1. The van der Waals surface area contributed by atoms with E-state index in [1.54, 1.807) is 4.68 Å². The van der Waals surface area contributed by atoms with E-state index in [4.69, 9.17) is 14.8 Å². The van der Waals surface area contributed by atoms with Crippen molar-refractivity contribution >= 4 is 26.8 Å². The van der Waals surface area contributed by atoms with E-state index in [9.17, 15) is 13.2 Å². The zero-order valence-electron chi connectivity index (χ0n) is 17.0. The molecular weight excluding hydrogens is 402 g/mol. The fourth-order valence-corrected chi connectivity index (χ4v) is 5.84. The monoisotopic (exact) mass is 425 g/mol. The van der Waals surface area contributed by atoms with Crippen molar-refractivity contribution in [1.82, 2.24) is 14.8 Å². The summed E-state index contributed by atoms with van der Waals surface area (Å²) in [5.41, 5.74) is 4.46. The molecule has 2 aromatic heterocycles. The zero-order valence-corrected chi connectivity index (χ0v) is 17.8. The molecule has 3 aromatic rings. The van der Waals surface area contributed by atoms with Gasteiger partial charge in [0.05, 0.1) is 35.6 Å². The number of fused-ring (bicyclic) bond motifs is 1. The van der Waals surface area contributed by atoms with Crippen LogP contribution in [0.2, 0.25) is 0 Å². The lowest BCUT2D eigenvalue weighted by atomic mass is 10.0. The van der Waals surface area contributed by atoms with E-state index in [1.165, 1.54) is 7.11 Å². The van der Waals surface area contributed by atoms with Crippen molar-refractivity contribution in [2.45, 2.75) is 38.1 Å². The van der Waals surface area contributed by atoms with E-state index in [2.05, 4.69) is 0 Å². The SMILES string of the molecule is COC(=O)c1cc(C2CC2)nc2c1c(-c1ccc(C)cc1)nn2[C@H]1CCS(=O)(=O)C1. The van der Waals surface area contributed by atoms with Gasteiger partial charge in [0.25, 0.3) is 0 Å². The van der Waals surface area contributed by atoms with Crippen LogP contribution in [0.25, 0.3) is 22.3 Å². The maximum atomic E-state index is 12.7. The van der Waals surface area contributed by atoms with Crippen LogP contribution in [0.1, 0.15) is 52.8 Å². The van der Waals surface area contributed by atoms with Crippen LogP contribution in [0.3, 0.4) is 0 Å². The Morgan fingerprint density at radius 1 is 1.17 bits per heavy atom. The van der Waals surface area contributed by atoms with E-state index in [1.807, 2.05) is 37.3 Å². The lowest BCUT2D eigenvalue weighted by Crippen LogP contribution is -2.13. The topological polar surface area (TPSA) is 91.2 Å². The van der Waals surface area contributed by atoms with Gasteiger partial charge in [0, 0.05) is 17.2 Å². The lowest BCUT2D eigenvalue weighted by molar-refractivity contribution is 0.0602. The molecule has 0 radical (unpaired) electrons. The van der Waals surface area contributed by atoms with Gasteiger partial charge in [-0.15, -0.1) is 0 Å². The van der Waals surface area contributed by atoms with Crippen LogP contribution >= 0.6 is 0 Å². The molecule has 1 aromatic carbocycles. The Balaban J connectivity index is 1.80. The molecule has 1 saturated carbocycles. The smallest absolute Gasteiger partial charge is 0.338 e. The summed E-state index contributed by atoms with van der Waals surface area (Å²) in [6.45, 7) is 2.01. The van der Waals surface area contributed by atoms with Crippen LogP contribution in [0, 0.1) is 6.92 Å². The minimum atomic E-state index is -3.10. The van der Waals surface area contributed by atoms with Gasteiger partial charge < -0.3 is 4.74 Å². The molecule has 2 fully saturated rings. The van der Waals surface area contributed by atoms with Gasteiger partial charge in [-0.2, -0.15) is 5.10 Å². The van der Waals surface area contributed by atoms with E-state index < -0.39 is 15.8 Å². The Kier molecular flexibility index (Phi) is 4.43. The van der Waals surface area contributed by atoms with Gasteiger partial charge in [-0.3, -0.25) is 0 Å². The highest BCUT2D eigenvalue weighted by atomic mass is 32.2. The molecule has 0 bridgehead atoms. The first-order valence-corrected chi connectivity index (χ1v) is 12.0.